The lowest BCUT2D eigenvalue weighted by Crippen LogP contribution is -2.48. The number of piperazine rings is 1. The Balaban J connectivity index is 1.46. The van der Waals surface area contributed by atoms with Crippen LogP contribution in [0.3, 0.4) is 0 Å². The Bertz CT molecular complexity index is 1300. The lowest BCUT2D eigenvalue weighted by Gasteiger charge is -2.36. The molecule has 186 valence electrons. The van der Waals surface area contributed by atoms with Crippen molar-refractivity contribution in [2.45, 2.75) is 18.7 Å². The van der Waals surface area contributed by atoms with Crippen LogP contribution in [-0.4, -0.2) is 78.5 Å². The van der Waals surface area contributed by atoms with Crippen LogP contribution in [0.1, 0.15) is 24.2 Å². The number of aryl methyl sites for hydroxylation is 1. The van der Waals surface area contributed by atoms with Crippen molar-refractivity contribution in [3.05, 3.63) is 48.0 Å². The van der Waals surface area contributed by atoms with Gasteiger partial charge >= 0.3 is 0 Å². The van der Waals surface area contributed by atoms with Crippen LogP contribution < -0.4 is 9.64 Å². The maximum absolute atomic E-state index is 13.4. The summed E-state index contributed by atoms with van der Waals surface area (Å²) < 4.78 is 30.0. The number of hydrogen-bond acceptors (Lipinski definition) is 8. The number of carbonyl (C=O) groups excluding carboxylic acids is 1. The number of nitrogens with zero attached hydrogens (tertiary/aromatic N) is 6. The first-order valence-corrected chi connectivity index (χ1v) is 13.4. The largest absolute Gasteiger partial charge is 0.492 e. The lowest BCUT2D eigenvalue weighted by molar-refractivity contribution is 0.0741. The Labute approximate surface area is 205 Å². The van der Waals surface area contributed by atoms with Gasteiger partial charge in [-0.2, -0.15) is 4.80 Å². The van der Waals surface area contributed by atoms with Crippen LogP contribution in [0.4, 0.5) is 5.69 Å². The summed E-state index contributed by atoms with van der Waals surface area (Å²) in [5.41, 5.74) is 2.21. The molecule has 0 N–H and O–H groups in total. The molecule has 1 fully saturated rings. The number of benzene rings is 2. The second-order valence-corrected chi connectivity index (χ2v) is 11.1. The smallest absolute Gasteiger partial charge is 0.257 e. The number of carbonyl (C=O) groups is 1. The summed E-state index contributed by atoms with van der Waals surface area (Å²) in [6.07, 6.45) is 1.13. The number of sulfone groups is 1. The Morgan fingerprint density at radius 2 is 1.74 bits per heavy atom. The molecule has 0 radical (unpaired) electrons. The fourth-order valence-corrected chi connectivity index (χ4v) is 4.50. The van der Waals surface area contributed by atoms with Gasteiger partial charge in [0.2, 0.25) is 5.82 Å². The van der Waals surface area contributed by atoms with Gasteiger partial charge in [0.1, 0.15) is 5.75 Å². The van der Waals surface area contributed by atoms with Crippen LogP contribution in [0.25, 0.3) is 11.4 Å². The van der Waals surface area contributed by atoms with Gasteiger partial charge in [0, 0.05) is 43.7 Å². The van der Waals surface area contributed by atoms with Crippen molar-refractivity contribution < 1.29 is 17.9 Å². The molecule has 1 aromatic heterocycles. The van der Waals surface area contributed by atoms with Gasteiger partial charge in [-0.15, -0.1) is 10.2 Å². The zero-order valence-electron chi connectivity index (χ0n) is 20.4. The summed E-state index contributed by atoms with van der Waals surface area (Å²) in [5.74, 6) is 1.03. The van der Waals surface area contributed by atoms with Gasteiger partial charge in [-0.25, -0.2) is 8.42 Å². The zero-order chi connectivity index (χ0) is 25.2. The second kappa shape index (κ2) is 10.0. The average molecular weight is 499 g/mol. The van der Waals surface area contributed by atoms with E-state index in [4.69, 9.17) is 4.74 Å². The van der Waals surface area contributed by atoms with Crippen LogP contribution in [0.2, 0.25) is 0 Å². The van der Waals surface area contributed by atoms with E-state index in [-0.39, 0.29) is 22.3 Å². The number of hydrogen-bond donors (Lipinski definition) is 0. The average Bonchev–Trinajstić information content (AvgIpc) is 3.28. The summed E-state index contributed by atoms with van der Waals surface area (Å²) in [5, 5.41) is 12.1. The molecule has 10 nitrogen and oxygen atoms in total. The van der Waals surface area contributed by atoms with E-state index in [0.717, 1.165) is 17.5 Å². The number of amides is 1. The highest BCUT2D eigenvalue weighted by molar-refractivity contribution is 7.90. The van der Waals surface area contributed by atoms with E-state index in [1.54, 1.807) is 18.0 Å². The number of ether oxygens (including phenoxy) is 1. The minimum absolute atomic E-state index is 0.106. The molecule has 0 saturated carbocycles. The molecule has 2 heterocycles. The molecule has 0 spiro atoms. The van der Waals surface area contributed by atoms with Crippen LogP contribution in [0.15, 0.2) is 47.4 Å². The van der Waals surface area contributed by atoms with E-state index >= 15 is 0 Å². The fraction of sp³-hybridized carbons (Fsp3) is 0.417. The zero-order valence-corrected chi connectivity index (χ0v) is 21.2. The van der Waals surface area contributed by atoms with Crippen molar-refractivity contribution in [1.82, 2.24) is 25.1 Å². The molecule has 3 aromatic rings. The molecule has 1 aliphatic rings. The Morgan fingerprint density at radius 1 is 1.06 bits per heavy atom. The van der Waals surface area contributed by atoms with Gasteiger partial charge in [-0.3, -0.25) is 4.79 Å². The highest BCUT2D eigenvalue weighted by Crippen LogP contribution is 2.27. The molecule has 1 saturated heterocycles. The monoisotopic (exact) mass is 498 g/mol. The number of tetrazole rings is 1. The Hall–Kier alpha value is -3.47. The van der Waals surface area contributed by atoms with Crippen molar-refractivity contribution in [2.75, 3.05) is 43.9 Å². The first-order chi connectivity index (χ1) is 16.6. The summed E-state index contributed by atoms with van der Waals surface area (Å²) >= 11 is 0. The van der Waals surface area contributed by atoms with Crippen molar-refractivity contribution in [3.8, 4) is 17.1 Å². The Morgan fingerprint density at radius 3 is 2.31 bits per heavy atom. The second-order valence-electron chi connectivity index (χ2n) is 9.06. The highest BCUT2D eigenvalue weighted by atomic mass is 32.2. The van der Waals surface area contributed by atoms with Gasteiger partial charge in [-0.1, -0.05) is 13.8 Å². The predicted octanol–water partition coefficient (Wildman–Crippen LogP) is 2.28. The molecule has 1 aliphatic heterocycles. The fourth-order valence-electron chi connectivity index (χ4n) is 3.85. The topological polar surface area (TPSA) is 111 Å². The molecular weight excluding hydrogens is 468 g/mol. The van der Waals surface area contributed by atoms with Crippen molar-refractivity contribution in [2.24, 2.45) is 13.0 Å². The molecule has 1 amide bonds. The third-order valence-electron chi connectivity index (χ3n) is 5.75. The van der Waals surface area contributed by atoms with Crippen LogP contribution in [0, 0.1) is 5.92 Å². The minimum atomic E-state index is -3.45. The third-order valence-corrected chi connectivity index (χ3v) is 6.86. The minimum Gasteiger partial charge on any atom is -0.492 e. The maximum atomic E-state index is 13.4. The Kier molecular flexibility index (Phi) is 7.06. The van der Waals surface area contributed by atoms with Crippen molar-refractivity contribution in [1.29, 1.82) is 0 Å². The van der Waals surface area contributed by atoms with Gasteiger partial charge in [-0.05, 0) is 53.6 Å². The molecule has 11 heteroatoms. The van der Waals surface area contributed by atoms with Gasteiger partial charge < -0.3 is 14.5 Å². The molecule has 0 unspecified atom stereocenters. The lowest BCUT2D eigenvalue weighted by atomic mass is 10.1. The summed E-state index contributed by atoms with van der Waals surface area (Å²) in [6.45, 7) is 6.80. The molecule has 2 aromatic carbocycles. The van der Waals surface area contributed by atoms with Crippen molar-refractivity contribution >= 4 is 21.4 Å². The number of rotatable bonds is 7. The van der Waals surface area contributed by atoms with Gasteiger partial charge in [0.25, 0.3) is 5.91 Å². The summed E-state index contributed by atoms with van der Waals surface area (Å²) in [6, 6.07) is 12.4. The van der Waals surface area contributed by atoms with E-state index in [2.05, 4.69) is 20.3 Å². The van der Waals surface area contributed by atoms with Crippen LogP contribution >= 0.6 is 0 Å². The van der Waals surface area contributed by atoms with E-state index in [9.17, 15) is 13.2 Å². The highest BCUT2D eigenvalue weighted by Gasteiger charge is 2.26. The van der Waals surface area contributed by atoms with Gasteiger partial charge in [0.15, 0.2) is 9.84 Å². The first kappa shape index (κ1) is 24.6. The SMILES string of the molecule is CC(C)COc1ccc(S(C)(=O)=O)cc1C(=O)N1CCN(c2ccc(-c3nnn(C)n3)cc2)CC1. The molecular formula is C24H30N6O4S. The molecule has 0 atom stereocenters. The van der Waals surface area contributed by atoms with Crippen LogP contribution in [0.5, 0.6) is 5.75 Å². The molecule has 4 rings (SSSR count). The third kappa shape index (κ3) is 5.79. The van der Waals surface area contributed by atoms with E-state index < -0.39 is 9.84 Å². The summed E-state index contributed by atoms with van der Waals surface area (Å²) in [7, 11) is -1.73. The molecule has 0 aliphatic carbocycles. The summed E-state index contributed by atoms with van der Waals surface area (Å²) in [4.78, 5) is 18.9. The van der Waals surface area contributed by atoms with E-state index in [1.807, 2.05) is 38.1 Å². The predicted molar refractivity (Wildman–Crippen MR) is 132 cm³/mol. The molecule has 0 bridgehead atoms. The first-order valence-electron chi connectivity index (χ1n) is 11.5. The maximum Gasteiger partial charge on any atom is 0.257 e. The van der Waals surface area contributed by atoms with Crippen molar-refractivity contribution in [3.63, 3.8) is 0 Å². The normalized spacial score (nSPS) is 14.4. The van der Waals surface area contributed by atoms with Crippen LogP contribution in [-0.2, 0) is 16.9 Å². The number of aromatic nitrogens is 4. The number of anilines is 1. The van der Waals surface area contributed by atoms with E-state index in [1.165, 1.54) is 16.9 Å². The quantitative estimate of drug-likeness (QED) is 0.488. The molecule has 35 heavy (non-hydrogen) atoms. The van der Waals surface area contributed by atoms with E-state index in [0.29, 0.717) is 44.4 Å². The van der Waals surface area contributed by atoms with Gasteiger partial charge in [0.05, 0.1) is 24.1 Å². The standard InChI is InChI=1S/C24H30N6O4S/c1-17(2)16-34-22-10-9-20(35(4,32)33)15-21(22)24(31)30-13-11-29(12-14-30)19-7-5-18(6-8-19)23-25-27-28(3)26-23/h5-10,15,17H,11-14,16H2,1-4H3.